The van der Waals surface area contributed by atoms with Crippen molar-refractivity contribution in [3.63, 3.8) is 0 Å². The van der Waals surface area contributed by atoms with Crippen LogP contribution >= 0.6 is 0 Å². The van der Waals surface area contributed by atoms with Gasteiger partial charge in [-0.2, -0.15) is 0 Å². The third-order valence-electron chi connectivity index (χ3n) is 3.28. The quantitative estimate of drug-likeness (QED) is 0.714. The highest BCUT2D eigenvalue weighted by molar-refractivity contribution is 7.92. The van der Waals surface area contributed by atoms with E-state index in [0.29, 0.717) is 12.4 Å². The van der Waals surface area contributed by atoms with E-state index in [1.165, 1.54) is 12.4 Å². The van der Waals surface area contributed by atoms with Gasteiger partial charge in [0.25, 0.3) is 0 Å². The van der Waals surface area contributed by atoms with E-state index in [9.17, 15) is 18.0 Å². The molecule has 1 aliphatic rings. The van der Waals surface area contributed by atoms with E-state index in [2.05, 4.69) is 14.7 Å². The Balaban J connectivity index is 1.96. The summed E-state index contributed by atoms with van der Waals surface area (Å²) < 4.78 is 26.4. The van der Waals surface area contributed by atoms with Gasteiger partial charge in [0.05, 0.1) is 23.8 Å². The molecule has 0 saturated carbocycles. The molecular weight excluding hydrogens is 322 g/mol. The number of sulfonamides is 1. The number of rotatable bonds is 6. The molecule has 0 aromatic carbocycles. The fraction of sp³-hybridized carbons (Fsp3) is 0.538. The average molecular weight is 341 g/mol. The Labute approximate surface area is 134 Å². The molecule has 2 rings (SSSR count). The molecule has 2 heterocycles. The number of imide groups is 1. The molecular formula is C13H19N5O4S. The Kier molecular flexibility index (Phi) is 5.14. The van der Waals surface area contributed by atoms with Crippen molar-refractivity contribution in [1.82, 2.24) is 14.9 Å². The first-order valence-corrected chi connectivity index (χ1v) is 8.77. The molecule has 1 fully saturated rings. The predicted molar refractivity (Wildman–Crippen MR) is 84.3 cm³/mol. The Hall–Kier alpha value is -2.23. The van der Waals surface area contributed by atoms with Gasteiger partial charge in [-0.15, -0.1) is 0 Å². The molecule has 0 spiro atoms. The molecule has 0 bridgehead atoms. The number of hydrogen-bond acceptors (Lipinski definition) is 7. The standard InChI is InChI=1S/C13H19N5O4S/c1-17(2)13-14-8-10(9-15-13)16-23(21,22)7-6-18-11(19)4-3-5-12(18)20/h8-9,16H,3-7H2,1-2H3. The molecule has 10 heteroatoms. The minimum atomic E-state index is -3.70. The van der Waals surface area contributed by atoms with Crippen LogP contribution in [0.3, 0.4) is 0 Å². The number of nitrogens with zero attached hydrogens (tertiary/aromatic N) is 4. The minimum absolute atomic E-state index is 0.149. The summed E-state index contributed by atoms with van der Waals surface area (Å²) in [7, 11) is -0.164. The summed E-state index contributed by atoms with van der Waals surface area (Å²) in [6.45, 7) is -0.149. The van der Waals surface area contributed by atoms with Crippen LogP contribution in [0, 0.1) is 0 Å². The number of nitrogens with one attached hydrogen (secondary N) is 1. The van der Waals surface area contributed by atoms with Gasteiger partial charge in [-0.05, 0) is 6.42 Å². The normalized spacial score (nSPS) is 15.7. The first kappa shape index (κ1) is 17.1. The highest BCUT2D eigenvalue weighted by Gasteiger charge is 2.27. The summed E-state index contributed by atoms with van der Waals surface area (Å²) >= 11 is 0. The highest BCUT2D eigenvalue weighted by atomic mass is 32.2. The number of piperidine rings is 1. The Bertz CT molecular complexity index is 671. The lowest BCUT2D eigenvalue weighted by molar-refractivity contribution is -0.147. The summed E-state index contributed by atoms with van der Waals surface area (Å²) in [5, 5.41) is 0. The van der Waals surface area contributed by atoms with Crippen molar-refractivity contribution in [2.45, 2.75) is 19.3 Å². The number of carbonyl (C=O) groups excluding carboxylic acids is 2. The van der Waals surface area contributed by atoms with Crippen molar-refractivity contribution < 1.29 is 18.0 Å². The lowest BCUT2D eigenvalue weighted by Crippen LogP contribution is -2.43. The van der Waals surface area contributed by atoms with E-state index in [0.717, 1.165) is 4.90 Å². The fourth-order valence-electron chi connectivity index (χ4n) is 2.10. The molecule has 0 aliphatic carbocycles. The molecule has 126 valence electrons. The minimum Gasteiger partial charge on any atom is -0.347 e. The SMILES string of the molecule is CN(C)c1ncc(NS(=O)(=O)CCN2C(=O)CCCC2=O)cn1. The second kappa shape index (κ2) is 6.90. The van der Waals surface area contributed by atoms with Crippen molar-refractivity contribution in [3.05, 3.63) is 12.4 Å². The third kappa shape index (κ3) is 4.62. The Morgan fingerprint density at radius 2 is 1.74 bits per heavy atom. The van der Waals surface area contributed by atoms with Crippen molar-refractivity contribution in [3.8, 4) is 0 Å². The first-order valence-electron chi connectivity index (χ1n) is 7.11. The van der Waals surface area contributed by atoms with Crippen LogP contribution < -0.4 is 9.62 Å². The number of anilines is 2. The molecule has 1 saturated heterocycles. The van der Waals surface area contributed by atoms with Gasteiger partial charge in [-0.25, -0.2) is 18.4 Å². The zero-order valence-corrected chi connectivity index (χ0v) is 13.8. The molecule has 2 amide bonds. The van der Waals surface area contributed by atoms with Crippen LogP contribution in [0.2, 0.25) is 0 Å². The molecule has 1 N–H and O–H groups in total. The Morgan fingerprint density at radius 1 is 1.17 bits per heavy atom. The maximum atomic E-state index is 12.0. The van der Waals surface area contributed by atoms with E-state index < -0.39 is 10.0 Å². The summed E-state index contributed by atoms with van der Waals surface area (Å²) in [6.07, 6.45) is 3.79. The number of likely N-dealkylation sites (tertiary alicyclic amines) is 1. The van der Waals surface area contributed by atoms with Gasteiger partial charge in [0.1, 0.15) is 0 Å². The Morgan fingerprint density at radius 3 is 2.26 bits per heavy atom. The van der Waals surface area contributed by atoms with E-state index in [-0.39, 0.29) is 42.6 Å². The molecule has 1 aromatic heterocycles. The number of aromatic nitrogens is 2. The van der Waals surface area contributed by atoms with Crippen molar-refractivity contribution in [1.29, 1.82) is 0 Å². The molecule has 1 aliphatic heterocycles. The summed E-state index contributed by atoms with van der Waals surface area (Å²) in [5.41, 5.74) is 0.229. The molecule has 23 heavy (non-hydrogen) atoms. The van der Waals surface area contributed by atoms with Crippen molar-refractivity contribution in [2.75, 3.05) is 36.0 Å². The third-order valence-corrected chi connectivity index (χ3v) is 4.55. The second-order valence-electron chi connectivity index (χ2n) is 5.38. The molecule has 0 unspecified atom stereocenters. The summed E-state index contributed by atoms with van der Waals surface area (Å²) in [4.78, 5) is 34.0. The number of carbonyl (C=O) groups is 2. The zero-order chi connectivity index (χ0) is 17.0. The van der Waals surface area contributed by atoms with Gasteiger partial charge in [0, 0.05) is 33.5 Å². The fourth-order valence-corrected chi connectivity index (χ4v) is 3.09. The second-order valence-corrected chi connectivity index (χ2v) is 7.22. The van der Waals surface area contributed by atoms with Crippen molar-refractivity contribution >= 4 is 33.5 Å². The largest absolute Gasteiger partial charge is 0.347 e. The first-order chi connectivity index (χ1) is 10.8. The predicted octanol–water partition coefficient (Wildman–Crippen LogP) is -0.177. The topological polar surface area (TPSA) is 113 Å². The van der Waals surface area contributed by atoms with Gasteiger partial charge in [-0.3, -0.25) is 19.2 Å². The smallest absolute Gasteiger partial charge is 0.234 e. The molecule has 0 radical (unpaired) electrons. The van der Waals surface area contributed by atoms with E-state index in [4.69, 9.17) is 0 Å². The van der Waals surface area contributed by atoms with Crippen LogP contribution in [-0.2, 0) is 19.6 Å². The lowest BCUT2D eigenvalue weighted by atomic mass is 10.1. The monoisotopic (exact) mass is 341 g/mol. The lowest BCUT2D eigenvalue weighted by Gasteiger charge is -2.24. The van der Waals surface area contributed by atoms with Gasteiger partial charge in [0.15, 0.2) is 0 Å². The zero-order valence-electron chi connectivity index (χ0n) is 13.0. The van der Waals surface area contributed by atoms with Crippen LogP contribution in [0.25, 0.3) is 0 Å². The van der Waals surface area contributed by atoms with Crippen LogP contribution in [0.15, 0.2) is 12.4 Å². The van der Waals surface area contributed by atoms with Gasteiger partial charge < -0.3 is 4.90 Å². The number of hydrogen-bond donors (Lipinski definition) is 1. The summed E-state index contributed by atoms with van der Waals surface area (Å²) in [5.74, 6) is -0.553. The molecule has 1 aromatic rings. The van der Waals surface area contributed by atoms with Crippen LogP contribution in [0.1, 0.15) is 19.3 Å². The van der Waals surface area contributed by atoms with Gasteiger partial charge in [0.2, 0.25) is 27.8 Å². The van der Waals surface area contributed by atoms with Crippen LogP contribution in [0.5, 0.6) is 0 Å². The van der Waals surface area contributed by atoms with E-state index in [1.54, 1.807) is 19.0 Å². The van der Waals surface area contributed by atoms with Crippen LogP contribution in [-0.4, -0.2) is 61.5 Å². The van der Waals surface area contributed by atoms with Gasteiger partial charge in [-0.1, -0.05) is 0 Å². The highest BCUT2D eigenvalue weighted by Crippen LogP contribution is 2.13. The average Bonchev–Trinajstić information content (AvgIpc) is 2.46. The van der Waals surface area contributed by atoms with E-state index in [1.807, 2.05) is 0 Å². The van der Waals surface area contributed by atoms with E-state index >= 15 is 0 Å². The molecule has 0 atom stereocenters. The molecule has 9 nitrogen and oxygen atoms in total. The maximum absolute atomic E-state index is 12.0. The maximum Gasteiger partial charge on any atom is 0.234 e. The van der Waals surface area contributed by atoms with Crippen LogP contribution in [0.4, 0.5) is 11.6 Å². The number of amides is 2. The summed E-state index contributed by atoms with van der Waals surface area (Å²) in [6, 6.07) is 0. The van der Waals surface area contributed by atoms with Crippen molar-refractivity contribution in [2.24, 2.45) is 0 Å². The van der Waals surface area contributed by atoms with Gasteiger partial charge >= 0.3 is 0 Å².